The van der Waals surface area contributed by atoms with Gasteiger partial charge in [0.05, 0.1) is 18.2 Å². The SMILES string of the molecule is CCN(CCC(=O)O)C(=O)c1cnn(CC(=O)NC2CCCCC2)c1. The predicted octanol–water partition coefficient (Wildman–Crippen LogP) is 1.27. The molecule has 2 rings (SSSR count). The predicted molar refractivity (Wildman–Crippen MR) is 91.1 cm³/mol. The van der Waals surface area contributed by atoms with Gasteiger partial charge in [-0.25, -0.2) is 0 Å². The monoisotopic (exact) mass is 350 g/mol. The lowest BCUT2D eigenvalue weighted by atomic mass is 9.95. The van der Waals surface area contributed by atoms with E-state index in [9.17, 15) is 14.4 Å². The summed E-state index contributed by atoms with van der Waals surface area (Å²) in [6, 6.07) is 0.240. The van der Waals surface area contributed by atoms with E-state index < -0.39 is 5.97 Å². The van der Waals surface area contributed by atoms with Gasteiger partial charge in [-0.05, 0) is 19.8 Å². The Bertz CT molecular complexity index is 608. The molecule has 1 saturated carbocycles. The molecule has 0 aromatic carbocycles. The zero-order valence-corrected chi connectivity index (χ0v) is 14.6. The van der Waals surface area contributed by atoms with Gasteiger partial charge < -0.3 is 15.3 Å². The van der Waals surface area contributed by atoms with Gasteiger partial charge in [0.15, 0.2) is 0 Å². The molecule has 0 bridgehead atoms. The highest BCUT2D eigenvalue weighted by atomic mass is 16.4. The van der Waals surface area contributed by atoms with Crippen molar-refractivity contribution in [2.24, 2.45) is 0 Å². The van der Waals surface area contributed by atoms with E-state index >= 15 is 0 Å². The van der Waals surface area contributed by atoms with Crippen molar-refractivity contribution in [3.63, 3.8) is 0 Å². The molecule has 0 atom stereocenters. The van der Waals surface area contributed by atoms with Crippen LogP contribution in [0.1, 0.15) is 55.8 Å². The van der Waals surface area contributed by atoms with E-state index in [2.05, 4.69) is 10.4 Å². The second-order valence-corrected chi connectivity index (χ2v) is 6.36. The first-order chi connectivity index (χ1) is 12.0. The van der Waals surface area contributed by atoms with Gasteiger partial charge in [-0.2, -0.15) is 5.10 Å². The third-order valence-corrected chi connectivity index (χ3v) is 4.42. The van der Waals surface area contributed by atoms with E-state index in [1.807, 2.05) is 0 Å². The number of carbonyl (C=O) groups excluding carboxylic acids is 2. The van der Waals surface area contributed by atoms with Crippen LogP contribution in [0, 0.1) is 0 Å². The first-order valence-corrected chi connectivity index (χ1v) is 8.82. The van der Waals surface area contributed by atoms with Crippen molar-refractivity contribution in [1.29, 1.82) is 0 Å². The maximum atomic E-state index is 12.4. The van der Waals surface area contributed by atoms with Crippen molar-refractivity contribution in [2.45, 2.75) is 58.0 Å². The van der Waals surface area contributed by atoms with Crippen LogP contribution in [-0.4, -0.2) is 56.7 Å². The summed E-state index contributed by atoms with van der Waals surface area (Å²) in [6.45, 7) is 2.43. The Balaban J connectivity index is 1.88. The fourth-order valence-corrected chi connectivity index (χ4v) is 3.04. The van der Waals surface area contributed by atoms with Gasteiger partial charge in [0.25, 0.3) is 5.91 Å². The highest BCUT2D eigenvalue weighted by Gasteiger charge is 2.19. The fraction of sp³-hybridized carbons (Fsp3) is 0.647. The smallest absolute Gasteiger partial charge is 0.305 e. The Morgan fingerprint density at radius 2 is 2.04 bits per heavy atom. The number of nitrogens with one attached hydrogen (secondary N) is 1. The molecule has 25 heavy (non-hydrogen) atoms. The van der Waals surface area contributed by atoms with Crippen LogP contribution in [0.5, 0.6) is 0 Å². The maximum Gasteiger partial charge on any atom is 0.305 e. The van der Waals surface area contributed by atoms with Crippen LogP contribution < -0.4 is 5.32 Å². The van der Waals surface area contributed by atoms with Gasteiger partial charge in [-0.15, -0.1) is 0 Å². The lowest BCUT2D eigenvalue weighted by Gasteiger charge is -2.22. The van der Waals surface area contributed by atoms with Gasteiger partial charge in [0.1, 0.15) is 6.54 Å². The Morgan fingerprint density at radius 3 is 2.68 bits per heavy atom. The quantitative estimate of drug-likeness (QED) is 0.735. The Kier molecular flexibility index (Phi) is 6.97. The van der Waals surface area contributed by atoms with Crippen molar-refractivity contribution in [1.82, 2.24) is 20.0 Å². The van der Waals surface area contributed by atoms with E-state index in [4.69, 9.17) is 5.11 Å². The first kappa shape index (κ1) is 19.0. The molecule has 0 spiro atoms. The lowest BCUT2D eigenvalue weighted by molar-refractivity contribution is -0.137. The molecule has 2 amide bonds. The lowest BCUT2D eigenvalue weighted by Crippen LogP contribution is -2.38. The summed E-state index contributed by atoms with van der Waals surface area (Å²) in [4.78, 5) is 36.6. The maximum absolute atomic E-state index is 12.4. The molecule has 1 fully saturated rings. The third-order valence-electron chi connectivity index (χ3n) is 4.42. The van der Waals surface area contributed by atoms with E-state index in [0.717, 1.165) is 25.7 Å². The zero-order valence-electron chi connectivity index (χ0n) is 14.6. The Morgan fingerprint density at radius 1 is 1.32 bits per heavy atom. The number of aliphatic carboxylic acids is 1. The molecule has 1 aliphatic carbocycles. The fourth-order valence-electron chi connectivity index (χ4n) is 3.04. The summed E-state index contributed by atoms with van der Waals surface area (Å²) in [5, 5.41) is 15.8. The molecule has 8 nitrogen and oxygen atoms in total. The van der Waals surface area contributed by atoms with Crippen molar-refractivity contribution >= 4 is 17.8 Å². The number of amides is 2. The second-order valence-electron chi connectivity index (χ2n) is 6.36. The van der Waals surface area contributed by atoms with Crippen LogP contribution in [0.4, 0.5) is 0 Å². The standard InChI is InChI=1S/C17H26N4O4/c1-2-20(9-8-16(23)24)17(25)13-10-18-21(11-13)12-15(22)19-14-6-4-3-5-7-14/h10-11,14H,2-9,12H2,1H3,(H,19,22)(H,23,24). The third kappa shape index (κ3) is 5.88. The molecule has 0 saturated heterocycles. The van der Waals surface area contributed by atoms with E-state index in [-0.39, 0.29) is 37.4 Å². The van der Waals surface area contributed by atoms with Crippen LogP contribution in [0.3, 0.4) is 0 Å². The highest BCUT2D eigenvalue weighted by Crippen LogP contribution is 2.17. The number of carboxylic acid groups (broad SMARTS) is 1. The molecule has 8 heteroatoms. The molecule has 1 aromatic heterocycles. The molecule has 138 valence electrons. The minimum atomic E-state index is -0.943. The normalized spacial score (nSPS) is 14.9. The number of carbonyl (C=O) groups is 3. The first-order valence-electron chi connectivity index (χ1n) is 8.82. The number of nitrogens with zero attached hydrogens (tertiary/aromatic N) is 3. The number of rotatable bonds is 8. The number of aromatic nitrogens is 2. The molecule has 0 radical (unpaired) electrons. The highest BCUT2D eigenvalue weighted by molar-refractivity contribution is 5.94. The summed E-state index contributed by atoms with van der Waals surface area (Å²) in [5.41, 5.74) is 0.359. The Labute approximate surface area is 147 Å². The van der Waals surface area contributed by atoms with Crippen molar-refractivity contribution in [2.75, 3.05) is 13.1 Å². The molecular formula is C17H26N4O4. The van der Waals surface area contributed by atoms with Crippen molar-refractivity contribution in [3.05, 3.63) is 18.0 Å². The molecule has 1 aliphatic rings. The Hall–Kier alpha value is -2.38. The van der Waals surface area contributed by atoms with Crippen LogP contribution in [0.25, 0.3) is 0 Å². The average Bonchev–Trinajstić information content (AvgIpc) is 3.04. The molecule has 1 heterocycles. The minimum absolute atomic E-state index is 0.0744. The van der Waals surface area contributed by atoms with Gasteiger partial charge in [0.2, 0.25) is 5.91 Å². The second kappa shape index (κ2) is 9.19. The average molecular weight is 350 g/mol. The van der Waals surface area contributed by atoms with Gasteiger partial charge >= 0.3 is 5.97 Å². The van der Waals surface area contributed by atoms with Gasteiger partial charge in [-0.3, -0.25) is 19.1 Å². The molecule has 0 unspecified atom stereocenters. The van der Waals surface area contributed by atoms with Crippen LogP contribution in [-0.2, 0) is 16.1 Å². The van der Waals surface area contributed by atoms with E-state index in [0.29, 0.717) is 12.1 Å². The minimum Gasteiger partial charge on any atom is -0.481 e. The number of hydrogen-bond acceptors (Lipinski definition) is 4. The molecular weight excluding hydrogens is 324 g/mol. The van der Waals surface area contributed by atoms with E-state index in [1.165, 1.54) is 28.4 Å². The van der Waals surface area contributed by atoms with Crippen LogP contribution in [0.15, 0.2) is 12.4 Å². The molecule has 1 aromatic rings. The molecule has 0 aliphatic heterocycles. The van der Waals surface area contributed by atoms with Gasteiger partial charge in [-0.1, -0.05) is 19.3 Å². The van der Waals surface area contributed by atoms with E-state index in [1.54, 1.807) is 6.92 Å². The van der Waals surface area contributed by atoms with Gasteiger partial charge in [0, 0.05) is 25.3 Å². The topological polar surface area (TPSA) is 105 Å². The van der Waals surface area contributed by atoms with Crippen LogP contribution >= 0.6 is 0 Å². The summed E-state index contributed by atoms with van der Waals surface area (Å²) < 4.78 is 1.44. The summed E-state index contributed by atoms with van der Waals surface area (Å²) in [5.74, 6) is -1.32. The largest absolute Gasteiger partial charge is 0.481 e. The van der Waals surface area contributed by atoms with Crippen molar-refractivity contribution in [3.8, 4) is 0 Å². The van der Waals surface area contributed by atoms with Crippen LogP contribution in [0.2, 0.25) is 0 Å². The summed E-state index contributed by atoms with van der Waals surface area (Å²) >= 11 is 0. The van der Waals surface area contributed by atoms with Crippen molar-refractivity contribution < 1.29 is 19.5 Å². The summed E-state index contributed by atoms with van der Waals surface area (Å²) in [6.07, 6.45) is 8.41. The summed E-state index contributed by atoms with van der Waals surface area (Å²) in [7, 11) is 0. The molecule has 2 N–H and O–H groups in total. The zero-order chi connectivity index (χ0) is 18.2. The number of hydrogen-bond donors (Lipinski definition) is 2. The number of carboxylic acids is 1.